The Bertz CT molecular complexity index is 1080. The van der Waals surface area contributed by atoms with Crippen molar-refractivity contribution in [2.24, 2.45) is 0 Å². The number of carbonyl (C=O) groups is 1. The third-order valence-electron chi connectivity index (χ3n) is 4.53. The molecule has 2 aromatic carbocycles. The molecule has 156 valence electrons. The molecule has 0 saturated carbocycles. The molecule has 1 heterocycles. The number of ether oxygens (including phenoxy) is 2. The smallest absolute Gasteiger partial charge is 0.407 e. The molecule has 1 fully saturated rings. The average Bonchev–Trinajstić information content (AvgIpc) is 2.90. The highest BCUT2D eigenvalue weighted by molar-refractivity contribution is 7.80. The molecule has 0 aliphatic carbocycles. The molecule has 0 amide bonds. The lowest BCUT2D eigenvalue weighted by atomic mass is 9.88. The molecule has 1 saturated heterocycles. The van der Waals surface area contributed by atoms with Crippen LogP contribution >= 0.6 is 23.8 Å². The molecule has 0 N–H and O–H groups in total. The molecule has 0 aromatic heterocycles. The third kappa shape index (κ3) is 4.11. The van der Waals surface area contributed by atoms with E-state index in [4.69, 9.17) is 39.9 Å². The summed E-state index contributed by atoms with van der Waals surface area (Å²) in [5, 5.41) is -0.316. The fourth-order valence-corrected chi connectivity index (χ4v) is 3.52. The van der Waals surface area contributed by atoms with Gasteiger partial charge in [-0.2, -0.15) is 13.2 Å². The summed E-state index contributed by atoms with van der Waals surface area (Å²) in [6.45, 7) is 7.94. The Balaban J connectivity index is 1.87. The van der Waals surface area contributed by atoms with Gasteiger partial charge in [-0.15, -0.1) is 0 Å². The predicted octanol–water partition coefficient (Wildman–Crippen LogP) is 5.90. The van der Waals surface area contributed by atoms with E-state index >= 15 is 0 Å². The lowest BCUT2D eigenvalue weighted by molar-refractivity contribution is -0.137. The van der Waals surface area contributed by atoms with Crippen molar-refractivity contribution in [2.45, 2.75) is 24.6 Å². The summed E-state index contributed by atoms with van der Waals surface area (Å²) in [5.41, 5.74) is -3.37. The van der Waals surface area contributed by atoms with E-state index in [0.717, 1.165) is 18.2 Å². The van der Waals surface area contributed by atoms with E-state index in [2.05, 4.69) is 4.85 Å². The number of benzene rings is 2. The first kappa shape index (κ1) is 22.0. The third-order valence-corrected chi connectivity index (χ3v) is 5.16. The minimum absolute atomic E-state index is 0.0361. The van der Waals surface area contributed by atoms with Gasteiger partial charge in [0.2, 0.25) is 0 Å². The normalized spacial score (nSPS) is 21.3. The molecule has 1 aliphatic heterocycles. The van der Waals surface area contributed by atoms with Crippen molar-refractivity contribution in [2.75, 3.05) is 6.61 Å². The number of ketones is 1. The Kier molecular flexibility index (Phi) is 5.76. The van der Waals surface area contributed by atoms with Crippen LogP contribution in [0.2, 0.25) is 5.02 Å². The van der Waals surface area contributed by atoms with Crippen LogP contribution in [0.25, 0.3) is 4.85 Å². The maximum atomic E-state index is 13.5. The predicted molar refractivity (Wildman–Crippen MR) is 104 cm³/mol. The molecule has 4 nitrogen and oxygen atoms in total. The SMILES string of the molecule is [C-]#[N+]c1ccc(C2C(=O)C(C)(COc3ccc(Cl)c(F)c3)OC2=S)cc1C(F)(F)F. The van der Waals surface area contributed by atoms with Crippen molar-refractivity contribution in [3.05, 3.63) is 69.8 Å². The Labute approximate surface area is 179 Å². The van der Waals surface area contributed by atoms with Gasteiger partial charge in [-0.05, 0) is 36.8 Å². The molecule has 0 spiro atoms. The molecule has 1 aliphatic rings. The second kappa shape index (κ2) is 7.85. The summed E-state index contributed by atoms with van der Waals surface area (Å²) in [7, 11) is 0. The largest absolute Gasteiger partial charge is 0.489 e. The quantitative estimate of drug-likeness (QED) is 0.326. The fourth-order valence-electron chi connectivity index (χ4n) is 2.98. The monoisotopic (exact) mass is 457 g/mol. The Morgan fingerprint density at radius 1 is 1.30 bits per heavy atom. The van der Waals surface area contributed by atoms with Gasteiger partial charge >= 0.3 is 6.18 Å². The highest BCUT2D eigenvalue weighted by Gasteiger charge is 2.51. The van der Waals surface area contributed by atoms with Gasteiger partial charge in [-0.1, -0.05) is 29.8 Å². The number of hydrogen-bond acceptors (Lipinski definition) is 4. The number of alkyl halides is 3. The summed E-state index contributed by atoms with van der Waals surface area (Å²) in [6, 6.07) is 6.65. The van der Waals surface area contributed by atoms with E-state index in [9.17, 15) is 22.4 Å². The maximum absolute atomic E-state index is 13.5. The van der Waals surface area contributed by atoms with Crippen LogP contribution in [0, 0.1) is 12.4 Å². The summed E-state index contributed by atoms with van der Waals surface area (Å²) in [4.78, 5) is 15.8. The first-order valence-corrected chi connectivity index (χ1v) is 9.18. The lowest BCUT2D eigenvalue weighted by Crippen LogP contribution is -2.40. The summed E-state index contributed by atoms with van der Waals surface area (Å²) in [5.74, 6) is -2.47. The molecule has 3 rings (SSSR count). The fraction of sp³-hybridized carbons (Fsp3) is 0.250. The molecular weight excluding hydrogens is 446 g/mol. The zero-order valence-corrected chi connectivity index (χ0v) is 16.8. The van der Waals surface area contributed by atoms with Crippen LogP contribution in [-0.4, -0.2) is 23.0 Å². The van der Waals surface area contributed by atoms with Gasteiger partial charge < -0.3 is 9.47 Å². The molecular formula is C20H12ClF4NO3S. The average molecular weight is 458 g/mol. The number of carbonyl (C=O) groups excluding carboxylic acids is 1. The highest BCUT2D eigenvalue weighted by Crippen LogP contribution is 2.41. The first-order valence-electron chi connectivity index (χ1n) is 8.40. The van der Waals surface area contributed by atoms with Gasteiger partial charge in [0.1, 0.15) is 24.1 Å². The second-order valence-electron chi connectivity index (χ2n) is 6.70. The standard InChI is InChI=1S/C20H12ClF4NO3S/c1-19(9-28-11-4-5-13(21)14(22)8-11)17(27)16(18(30)29-19)10-3-6-15(26-2)12(7-10)20(23,24)25/h3-8,16H,9H2,1H3. The van der Waals surface area contributed by atoms with E-state index in [1.807, 2.05) is 0 Å². The maximum Gasteiger partial charge on any atom is 0.407 e. The van der Waals surface area contributed by atoms with E-state index in [-0.39, 0.29) is 28.0 Å². The number of nitrogens with zero attached hydrogens (tertiary/aromatic N) is 1. The van der Waals surface area contributed by atoms with Crippen molar-refractivity contribution < 1.29 is 31.8 Å². The van der Waals surface area contributed by atoms with Gasteiger partial charge in [-0.3, -0.25) is 4.79 Å². The zero-order chi connectivity index (χ0) is 22.3. The van der Waals surface area contributed by atoms with Crippen molar-refractivity contribution in [1.82, 2.24) is 0 Å². The molecule has 0 radical (unpaired) electrons. The number of thiocarbonyl (C=S) groups is 1. The molecule has 2 unspecified atom stereocenters. The van der Waals surface area contributed by atoms with Crippen molar-refractivity contribution in [3.8, 4) is 5.75 Å². The molecule has 0 bridgehead atoms. The number of Topliss-reactive ketones (excluding diaryl/α,β-unsaturated/α-hetero) is 1. The lowest BCUT2D eigenvalue weighted by Gasteiger charge is -2.22. The molecule has 30 heavy (non-hydrogen) atoms. The minimum atomic E-state index is -4.77. The number of halogens is 5. The molecule has 2 atom stereocenters. The van der Waals surface area contributed by atoms with Gasteiger partial charge in [0.05, 0.1) is 17.2 Å². The Hall–Kier alpha value is -2.70. The van der Waals surface area contributed by atoms with Crippen LogP contribution in [0.15, 0.2) is 36.4 Å². The summed E-state index contributed by atoms with van der Waals surface area (Å²) in [6.07, 6.45) is -4.77. The Morgan fingerprint density at radius 3 is 2.60 bits per heavy atom. The van der Waals surface area contributed by atoms with Crippen LogP contribution in [0.1, 0.15) is 24.0 Å². The van der Waals surface area contributed by atoms with Crippen LogP contribution in [0.4, 0.5) is 23.2 Å². The van der Waals surface area contributed by atoms with Gasteiger partial charge in [0.25, 0.3) is 0 Å². The topological polar surface area (TPSA) is 39.9 Å². The van der Waals surface area contributed by atoms with E-state index in [0.29, 0.717) is 0 Å². The highest BCUT2D eigenvalue weighted by atomic mass is 35.5. The number of rotatable bonds is 4. The Morgan fingerprint density at radius 2 is 2.00 bits per heavy atom. The van der Waals surface area contributed by atoms with E-state index < -0.39 is 40.5 Å². The van der Waals surface area contributed by atoms with Crippen LogP contribution in [-0.2, 0) is 15.7 Å². The minimum Gasteiger partial charge on any atom is -0.489 e. The first-order chi connectivity index (χ1) is 14.0. The van der Waals surface area contributed by atoms with E-state index in [1.165, 1.54) is 25.1 Å². The van der Waals surface area contributed by atoms with E-state index in [1.54, 1.807) is 0 Å². The summed E-state index contributed by atoms with van der Waals surface area (Å²) < 4.78 is 64.3. The van der Waals surface area contributed by atoms with Gasteiger partial charge in [-0.25, -0.2) is 9.24 Å². The van der Waals surface area contributed by atoms with Crippen LogP contribution in [0.3, 0.4) is 0 Å². The zero-order valence-electron chi connectivity index (χ0n) is 15.2. The summed E-state index contributed by atoms with van der Waals surface area (Å²) >= 11 is 10.7. The second-order valence-corrected chi connectivity index (χ2v) is 7.51. The molecule has 10 heteroatoms. The number of hydrogen-bond donors (Lipinski definition) is 0. The van der Waals surface area contributed by atoms with Gasteiger partial charge in [0, 0.05) is 6.07 Å². The van der Waals surface area contributed by atoms with Crippen molar-refractivity contribution in [1.29, 1.82) is 0 Å². The van der Waals surface area contributed by atoms with Crippen LogP contribution in [0.5, 0.6) is 5.75 Å². The van der Waals surface area contributed by atoms with Crippen LogP contribution < -0.4 is 4.74 Å². The van der Waals surface area contributed by atoms with Crippen molar-refractivity contribution in [3.63, 3.8) is 0 Å². The van der Waals surface area contributed by atoms with Crippen molar-refractivity contribution >= 4 is 40.3 Å². The van der Waals surface area contributed by atoms with Gasteiger partial charge in [0.15, 0.2) is 22.1 Å². The molecule has 2 aromatic rings.